The van der Waals surface area contributed by atoms with Crippen LogP contribution >= 0.6 is 34.7 Å². The van der Waals surface area contributed by atoms with Crippen molar-refractivity contribution in [3.63, 3.8) is 0 Å². The van der Waals surface area contributed by atoms with Crippen LogP contribution in [0.2, 0.25) is 5.02 Å². The van der Waals surface area contributed by atoms with Crippen LogP contribution in [0.3, 0.4) is 0 Å². The average molecular weight is 457 g/mol. The molecule has 0 saturated carbocycles. The Morgan fingerprint density at radius 3 is 2.77 bits per heavy atom. The van der Waals surface area contributed by atoms with E-state index in [1.165, 1.54) is 11.3 Å². The molecule has 1 amide bonds. The van der Waals surface area contributed by atoms with Gasteiger partial charge in [0.2, 0.25) is 0 Å². The second-order valence-electron chi connectivity index (χ2n) is 6.91. The van der Waals surface area contributed by atoms with Crippen molar-refractivity contribution >= 4 is 56.0 Å². The Morgan fingerprint density at radius 1 is 1.27 bits per heavy atom. The Bertz CT molecular complexity index is 1160. The van der Waals surface area contributed by atoms with Crippen LogP contribution in [0.15, 0.2) is 60.0 Å². The molecule has 0 aliphatic heterocycles. The van der Waals surface area contributed by atoms with Crippen LogP contribution < -0.4 is 4.90 Å². The molecular formula is C22H21ClN4OS2. The summed E-state index contributed by atoms with van der Waals surface area (Å²) in [5, 5.41) is 1.38. The normalized spacial score (nSPS) is 11.2. The third kappa shape index (κ3) is 4.53. The number of amides is 1. The lowest BCUT2D eigenvalue weighted by Gasteiger charge is -2.20. The fourth-order valence-electron chi connectivity index (χ4n) is 3.26. The summed E-state index contributed by atoms with van der Waals surface area (Å²) in [6.45, 7) is 3.34. The molecule has 0 fully saturated rings. The number of nitrogens with zero attached hydrogens (tertiary/aromatic N) is 4. The van der Waals surface area contributed by atoms with Crippen LogP contribution in [0.25, 0.3) is 10.2 Å². The number of aryl methyl sites for hydroxylation is 2. The molecule has 0 bridgehead atoms. The van der Waals surface area contributed by atoms with Gasteiger partial charge in [-0.25, -0.2) is 9.97 Å². The van der Waals surface area contributed by atoms with Gasteiger partial charge in [0.05, 0.1) is 16.5 Å². The molecule has 0 unspecified atom stereocenters. The molecule has 4 aromatic rings. The van der Waals surface area contributed by atoms with Gasteiger partial charge < -0.3 is 4.57 Å². The topological polar surface area (TPSA) is 51.0 Å². The van der Waals surface area contributed by atoms with Gasteiger partial charge in [0.1, 0.15) is 0 Å². The second kappa shape index (κ2) is 9.20. The van der Waals surface area contributed by atoms with Crippen LogP contribution in [0, 0.1) is 6.92 Å². The lowest BCUT2D eigenvalue weighted by Crippen LogP contribution is -2.32. The highest BCUT2D eigenvalue weighted by Gasteiger charge is 2.22. The summed E-state index contributed by atoms with van der Waals surface area (Å²) < 4.78 is 3.00. The Hall–Kier alpha value is -2.35. The fraction of sp³-hybridized carbons (Fsp3) is 0.227. The number of thiazole rings is 1. The summed E-state index contributed by atoms with van der Waals surface area (Å²) in [6.07, 6.45) is 8.29. The van der Waals surface area contributed by atoms with Crippen molar-refractivity contribution in [1.29, 1.82) is 0 Å². The summed E-state index contributed by atoms with van der Waals surface area (Å²) >= 11 is 9.38. The van der Waals surface area contributed by atoms with Gasteiger partial charge >= 0.3 is 0 Å². The molecule has 4 rings (SSSR count). The highest BCUT2D eigenvalue weighted by atomic mass is 35.5. The summed E-state index contributed by atoms with van der Waals surface area (Å²) in [6, 6.07) is 11.5. The Labute approximate surface area is 188 Å². The van der Waals surface area contributed by atoms with Crippen LogP contribution in [-0.2, 0) is 6.54 Å². The van der Waals surface area contributed by atoms with Crippen LogP contribution in [0.5, 0.6) is 0 Å². The van der Waals surface area contributed by atoms with E-state index in [1.807, 2.05) is 60.3 Å². The molecule has 0 atom stereocenters. The Balaban J connectivity index is 1.65. The van der Waals surface area contributed by atoms with E-state index in [0.29, 0.717) is 22.3 Å². The zero-order valence-corrected chi connectivity index (χ0v) is 19.1. The van der Waals surface area contributed by atoms with Crippen molar-refractivity contribution < 1.29 is 4.79 Å². The van der Waals surface area contributed by atoms with E-state index in [2.05, 4.69) is 4.98 Å². The molecule has 0 aliphatic carbocycles. The molecule has 30 heavy (non-hydrogen) atoms. The summed E-state index contributed by atoms with van der Waals surface area (Å²) in [4.78, 5) is 25.2. The van der Waals surface area contributed by atoms with Crippen molar-refractivity contribution in [3.8, 4) is 0 Å². The van der Waals surface area contributed by atoms with Crippen molar-refractivity contribution in [2.75, 3.05) is 17.7 Å². The highest BCUT2D eigenvalue weighted by Crippen LogP contribution is 2.34. The quantitative estimate of drug-likeness (QED) is 0.324. The standard InChI is InChI=1S/C22H21ClN4OS2/c1-15-12-17(23)13-19-20(15)25-22(30-19)27(10-3-9-26-11-8-24-14-26)21(28)16-4-6-18(29-2)7-5-16/h4-8,11-14H,3,9-10H2,1-2H3. The number of hydrogen-bond donors (Lipinski definition) is 0. The number of aromatic nitrogens is 3. The monoisotopic (exact) mass is 456 g/mol. The molecule has 0 radical (unpaired) electrons. The van der Waals surface area contributed by atoms with E-state index < -0.39 is 0 Å². The molecule has 2 heterocycles. The van der Waals surface area contributed by atoms with Gasteiger partial charge in [0.15, 0.2) is 5.13 Å². The predicted octanol–water partition coefficient (Wildman–Crippen LogP) is 5.91. The molecule has 5 nitrogen and oxygen atoms in total. The fourth-order valence-corrected chi connectivity index (χ4v) is 5.11. The largest absolute Gasteiger partial charge is 0.337 e. The summed E-state index contributed by atoms with van der Waals surface area (Å²) in [5.41, 5.74) is 2.56. The number of carbonyl (C=O) groups is 1. The van der Waals surface area contributed by atoms with Crippen LogP contribution in [0.1, 0.15) is 22.3 Å². The Morgan fingerprint density at radius 2 is 2.07 bits per heavy atom. The third-order valence-electron chi connectivity index (χ3n) is 4.81. The third-order valence-corrected chi connectivity index (χ3v) is 6.80. The number of fused-ring (bicyclic) bond motifs is 1. The number of imidazole rings is 1. The first kappa shape index (κ1) is 20.9. The predicted molar refractivity (Wildman–Crippen MR) is 126 cm³/mol. The molecule has 8 heteroatoms. The molecule has 0 saturated heterocycles. The van der Waals surface area contributed by atoms with E-state index in [9.17, 15) is 4.79 Å². The number of thioether (sulfide) groups is 1. The first-order valence-corrected chi connectivity index (χ1v) is 12.0. The van der Waals surface area contributed by atoms with E-state index >= 15 is 0 Å². The van der Waals surface area contributed by atoms with Gasteiger partial charge in [-0.05, 0) is 61.6 Å². The average Bonchev–Trinajstić information content (AvgIpc) is 3.41. The first-order valence-electron chi connectivity index (χ1n) is 9.53. The van der Waals surface area contributed by atoms with E-state index in [4.69, 9.17) is 16.6 Å². The van der Waals surface area contributed by atoms with Crippen LogP contribution in [0.4, 0.5) is 5.13 Å². The number of benzene rings is 2. The molecular weight excluding hydrogens is 436 g/mol. The minimum absolute atomic E-state index is 0.0453. The van der Waals surface area contributed by atoms with Crippen molar-refractivity contribution in [3.05, 3.63) is 71.3 Å². The molecule has 0 spiro atoms. The molecule has 154 valence electrons. The minimum atomic E-state index is -0.0453. The van der Waals surface area contributed by atoms with Crippen molar-refractivity contribution in [2.45, 2.75) is 24.8 Å². The van der Waals surface area contributed by atoms with E-state index in [-0.39, 0.29) is 5.91 Å². The smallest absolute Gasteiger partial charge is 0.260 e. The SMILES string of the molecule is CSc1ccc(C(=O)N(CCCn2ccnc2)c2nc3c(C)cc(Cl)cc3s2)cc1. The van der Waals surface area contributed by atoms with Gasteiger partial charge in [-0.15, -0.1) is 11.8 Å². The zero-order valence-electron chi connectivity index (χ0n) is 16.7. The summed E-state index contributed by atoms with van der Waals surface area (Å²) in [7, 11) is 0. The summed E-state index contributed by atoms with van der Waals surface area (Å²) in [5.74, 6) is -0.0453. The maximum atomic E-state index is 13.4. The van der Waals surface area contributed by atoms with Gasteiger partial charge in [0, 0.05) is 41.0 Å². The second-order valence-corrected chi connectivity index (χ2v) is 9.23. The molecule has 2 aromatic carbocycles. The highest BCUT2D eigenvalue weighted by molar-refractivity contribution is 7.98. The number of hydrogen-bond acceptors (Lipinski definition) is 5. The lowest BCUT2D eigenvalue weighted by atomic mass is 10.2. The maximum absolute atomic E-state index is 13.4. The van der Waals surface area contributed by atoms with E-state index in [1.54, 1.807) is 29.2 Å². The van der Waals surface area contributed by atoms with Crippen LogP contribution in [-0.4, -0.2) is 33.2 Å². The number of anilines is 1. The van der Waals surface area contributed by atoms with Gasteiger partial charge in [-0.3, -0.25) is 9.69 Å². The minimum Gasteiger partial charge on any atom is -0.337 e. The van der Waals surface area contributed by atoms with Gasteiger partial charge in [-0.2, -0.15) is 0 Å². The maximum Gasteiger partial charge on any atom is 0.260 e. The van der Waals surface area contributed by atoms with Crippen molar-refractivity contribution in [2.24, 2.45) is 0 Å². The lowest BCUT2D eigenvalue weighted by molar-refractivity contribution is 0.0986. The molecule has 0 aliphatic rings. The first-order chi connectivity index (χ1) is 14.5. The molecule has 0 N–H and O–H groups in total. The number of carbonyl (C=O) groups excluding carboxylic acids is 1. The Kier molecular flexibility index (Phi) is 6.41. The number of rotatable bonds is 7. The van der Waals surface area contributed by atoms with Gasteiger partial charge in [0.25, 0.3) is 5.91 Å². The van der Waals surface area contributed by atoms with Crippen molar-refractivity contribution in [1.82, 2.24) is 14.5 Å². The number of halogens is 1. The molecule has 2 aromatic heterocycles. The van der Waals surface area contributed by atoms with E-state index in [0.717, 1.165) is 33.6 Å². The van der Waals surface area contributed by atoms with Gasteiger partial charge in [-0.1, -0.05) is 22.9 Å². The zero-order chi connectivity index (χ0) is 21.1.